The third-order valence-electron chi connectivity index (χ3n) is 3.22. The van der Waals surface area contributed by atoms with E-state index in [2.05, 4.69) is 19.9 Å². The fourth-order valence-corrected chi connectivity index (χ4v) is 2.49. The SMILES string of the molecule is CCCOc1nc(Cl)nc(N2CCCC(COC)C2)n1. The van der Waals surface area contributed by atoms with Crippen LogP contribution < -0.4 is 9.64 Å². The lowest BCUT2D eigenvalue weighted by Gasteiger charge is -2.32. The molecule has 1 atom stereocenters. The van der Waals surface area contributed by atoms with Gasteiger partial charge in [0.1, 0.15) is 0 Å². The molecule has 6 nitrogen and oxygen atoms in total. The lowest BCUT2D eigenvalue weighted by atomic mass is 9.99. The van der Waals surface area contributed by atoms with Crippen LogP contribution in [0.4, 0.5) is 5.95 Å². The van der Waals surface area contributed by atoms with Crippen LogP contribution in [0.3, 0.4) is 0 Å². The van der Waals surface area contributed by atoms with E-state index in [-0.39, 0.29) is 5.28 Å². The maximum absolute atomic E-state index is 5.95. The largest absolute Gasteiger partial charge is 0.463 e. The Balaban J connectivity index is 2.08. The van der Waals surface area contributed by atoms with Crippen molar-refractivity contribution in [3.8, 4) is 6.01 Å². The first-order valence-corrected chi connectivity index (χ1v) is 7.39. The van der Waals surface area contributed by atoms with Crippen molar-refractivity contribution >= 4 is 17.5 Å². The Morgan fingerprint density at radius 2 is 2.20 bits per heavy atom. The number of ether oxygens (including phenoxy) is 2. The molecular weight excluding hydrogens is 280 g/mol. The topological polar surface area (TPSA) is 60.4 Å². The summed E-state index contributed by atoms with van der Waals surface area (Å²) in [5, 5.41) is 0.176. The Morgan fingerprint density at radius 3 is 2.95 bits per heavy atom. The number of aromatic nitrogens is 3. The van der Waals surface area contributed by atoms with E-state index >= 15 is 0 Å². The number of anilines is 1. The molecule has 1 aromatic heterocycles. The van der Waals surface area contributed by atoms with Gasteiger partial charge in [-0.15, -0.1) is 0 Å². The Hall–Kier alpha value is -1.14. The first-order valence-electron chi connectivity index (χ1n) is 7.01. The van der Waals surface area contributed by atoms with E-state index in [4.69, 9.17) is 21.1 Å². The van der Waals surface area contributed by atoms with Gasteiger partial charge in [0.15, 0.2) is 0 Å². The van der Waals surface area contributed by atoms with E-state index in [1.807, 2.05) is 6.92 Å². The summed E-state index contributed by atoms with van der Waals surface area (Å²) in [7, 11) is 1.73. The highest BCUT2D eigenvalue weighted by molar-refractivity contribution is 6.28. The molecule has 1 aliphatic rings. The molecule has 112 valence electrons. The van der Waals surface area contributed by atoms with Gasteiger partial charge in [-0.2, -0.15) is 15.0 Å². The zero-order chi connectivity index (χ0) is 14.4. The van der Waals surface area contributed by atoms with Gasteiger partial charge in [0.2, 0.25) is 11.2 Å². The van der Waals surface area contributed by atoms with Crippen LogP contribution in [-0.2, 0) is 4.74 Å². The van der Waals surface area contributed by atoms with Crippen molar-refractivity contribution in [2.24, 2.45) is 5.92 Å². The number of hydrogen-bond donors (Lipinski definition) is 0. The van der Waals surface area contributed by atoms with Crippen LogP contribution in [0.5, 0.6) is 6.01 Å². The van der Waals surface area contributed by atoms with Crippen LogP contribution in [0.2, 0.25) is 5.28 Å². The molecule has 1 aromatic rings. The molecule has 1 fully saturated rings. The summed E-state index contributed by atoms with van der Waals surface area (Å²) >= 11 is 5.95. The zero-order valence-electron chi connectivity index (χ0n) is 12.0. The third kappa shape index (κ3) is 4.18. The van der Waals surface area contributed by atoms with Crippen molar-refractivity contribution in [3.63, 3.8) is 0 Å². The van der Waals surface area contributed by atoms with Crippen LogP contribution in [0.15, 0.2) is 0 Å². The number of methoxy groups -OCH3 is 1. The average Bonchev–Trinajstić information content (AvgIpc) is 2.45. The Labute approximate surface area is 124 Å². The van der Waals surface area contributed by atoms with E-state index in [9.17, 15) is 0 Å². The van der Waals surface area contributed by atoms with Gasteiger partial charge in [-0.3, -0.25) is 0 Å². The highest BCUT2D eigenvalue weighted by atomic mass is 35.5. The Morgan fingerprint density at radius 1 is 1.35 bits per heavy atom. The molecule has 0 radical (unpaired) electrons. The van der Waals surface area contributed by atoms with Crippen LogP contribution >= 0.6 is 11.6 Å². The molecule has 0 N–H and O–H groups in total. The standard InChI is InChI=1S/C13H21ClN4O2/c1-3-7-20-13-16-11(14)15-12(17-13)18-6-4-5-10(8-18)9-19-2/h10H,3-9H2,1-2H3. The number of nitrogens with zero attached hydrogens (tertiary/aromatic N) is 4. The molecular formula is C13H21ClN4O2. The van der Waals surface area contributed by atoms with E-state index in [1.165, 1.54) is 6.42 Å². The summed E-state index contributed by atoms with van der Waals surface area (Å²) < 4.78 is 10.7. The normalized spacial score (nSPS) is 19.1. The molecule has 2 rings (SSSR count). The average molecular weight is 301 g/mol. The predicted molar refractivity (Wildman–Crippen MR) is 77.4 cm³/mol. The molecule has 0 aliphatic carbocycles. The molecule has 2 heterocycles. The van der Waals surface area contributed by atoms with E-state index < -0.39 is 0 Å². The molecule has 20 heavy (non-hydrogen) atoms. The zero-order valence-corrected chi connectivity index (χ0v) is 12.8. The molecule has 0 bridgehead atoms. The summed E-state index contributed by atoms with van der Waals surface area (Å²) in [5.74, 6) is 1.10. The van der Waals surface area contributed by atoms with Gasteiger partial charge in [-0.1, -0.05) is 6.92 Å². The van der Waals surface area contributed by atoms with Crippen molar-refractivity contribution < 1.29 is 9.47 Å². The lowest BCUT2D eigenvalue weighted by molar-refractivity contribution is 0.143. The number of halogens is 1. The summed E-state index contributed by atoms with van der Waals surface area (Å²) in [6, 6.07) is 0.302. The molecule has 0 saturated carbocycles. The second kappa shape index (κ2) is 7.59. The summed E-state index contributed by atoms with van der Waals surface area (Å²) in [6.07, 6.45) is 3.17. The second-order valence-electron chi connectivity index (χ2n) is 4.95. The number of rotatable bonds is 6. The van der Waals surface area contributed by atoms with E-state index in [0.29, 0.717) is 24.5 Å². The van der Waals surface area contributed by atoms with Crippen molar-refractivity contribution in [2.45, 2.75) is 26.2 Å². The second-order valence-corrected chi connectivity index (χ2v) is 5.28. The maximum atomic E-state index is 5.95. The van der Waals surface area contributed by atoms with Gasteiger partial charge < -0.3 is 14.4 Å². The van der Waals surface area contributed by atoms with Crippen molar-refractivity contribution in [1.29, 1.82) is 0 Å². The van der Waals surface area contributed by atoms with Crippen molar-refractivity contribution in [1.82, 2.24) is 15.0 Å². The Kier molecular flexibility index (Phi) is 5.79. The van der Waals surface area contributed by atoms with Crippen LogP contribution in [0.1, 0.15) is 26.2 Å². The highest BCUT2D eigenvalue weighted by Crippen LogP contribution is 2.22. The van der Waals surface area contributed by atoms with Crippen LogP contribution in [0.25, 0.3) is 0 Å². The quantitative estimate of drug-likeness (QED) is 0.802. The lowest BCUT2D eigenvalue weighted by Crippen LogP contribution is -2.38. The molecule has 0 amide bonds. The predicted octanol–water partition coefficient (Wildman–Crippen LogP) is 2.18. The molecule has 0 aromatic carbocycles. The highest BCUT2D eigenvalue weighted by Gasteiger charge is 2.22. The van der Waals surface area contributed by atoms with Gasteiger partial charge in [-0.25, -0.2) is 0 Å². The van der Waals surface area contributed by atoms with Gasteiger partial charge >= 0.3 is 6.01 Å². The smallest absolute Gasteiger partial charge is 0.322 e. The first-order chi connectivity index (χ1) is 9.72. The van der Waals surface area contributed by atoms with Gasteiger partial charge in [0.25, 0.3) is 0 Å². The monoisotopic (exact) mass is 300 g/mol. The molecule has 1 aliphatic heterocycles. The van der Waals surface area contributed by atoms with Crippen LogP contribution in [0, 0.1) is 5.92 Å². The summed E-state index contributed by atoms with van der Waals surface area (Å²) in [5.41, 5.74) is 0. The molecule has 0 spiro atoms. The van der Waals surface area contributed by atoms with E-state index in [0.717, 1.165) is 32.5 Å². The summed E-state index contributed by atoms with van der Waals surface area (Å²) in [4.78, 5) is 14.7. The van der Waals surface area contributed by atoms with Gasteiger partial charge in [0, 0.05) is 20.2 Å². The van der Waals surface area contributed by atoms with Gasteiger partial charge in [-0.05, 0) is 36.8 Å². The number of hydrogen-bond acceptors (Lipinski definition) is 6. The minimum Gasteiger partial charge on any atom is -0.463 e. The Bertz CT molecular complexity index is 431. The summed E-state index contributed by atoms with van der Waals surface area (Å²) in [6.45, 7) is 5.17. The fraction of sp³-hybridized carbons (Fsp3) is 0.769. The minimum atomic E-state index is 0.176. The minimum absolute atomic E-state index is 0.176. The van der Waals surface area contributed by atoms with Crippen molar-refractivity contribution in [2.75, 3.05) is 38.3 Å². The molecule has 1 saturated heterocycles. The molecule has 1 unspecified atom stereocenters. The third-order valence-corrected chi connectivity index (χ3v) is 3.38. The number of piperidine rings is 1. The van der Waals surface area contributed by atoms with E-state index in [1.54, 1.807) is 7.11 Å². The first kappa shape index (κ1) is 15.3. The fourth-order valence-electron chi connectivity index (χ4n) is 2.34. The van der Waals surface area contributed by atoms with Crippen molar-refractivity contribution in [3.05, 3.63) is 5.28 Å². The molecule has 7 heteroatoms. The maximum Gasteiger partial charge on any atom is 0.322 e. The van der Waals surface area contributed by atoms with Gasteiger partial charge in [0.05, 0.1) is 13.2 Å². The van der Waals surface area contributed by atoms with Crippen LogP contribution in [-0.4, -0.2) is 48.4 Å².